The van der Waals surface area contributed by atoms with Crippen LogP contribution in [0.3, 0.4) is 0 Å². The van der Waals surface area contributed by atoms with Crippen LogP contribution in [0.25, 0.3) is 22.4 Å². The Labute approximate surface area is 177 Å². The Kier molecular flexibility index (Phi) is 8.30. The van der Waals surface area contributed by atoms with Crippen molar-refractivity contribution in [2.45, 2.75) is 25.7 Å². The van der Waals surface area contributed by atoms with E-state index in [1.54, 1.807) is 0 Å². The van der Waals surface area contributed by atoms with Crippen molar-refractivity contribution >= 4 is 47.4 Å². The number of H-pyrrole nitrogens is 1. The van der Waals surface area contributed by atoms with E-state index in [2.05, 4.69) is 20.6 Å². The topological polar surface area (TPSA) is 69.8 Å². The highest BCUT2D eigenvalue weighted by Crippen LogP contribution is 2.23. The smallest absolute Gasteiger partial charge is 0.224 e. The first kappa shape index (κ1) is 22.2. The van der Waals surface area contributed by atoms with Crippen molar-refractivity contribution in [3.8, 4) is 11.4 Å². The predicted molar refractivity (Wildman–Crippen MR) is 119 cm³/mol. The fraction of sp³-hybridized carbons (Fsp3) is 0.333. The van der Waals surface area contributed by atoms with Gasteiger partial charge in [-0.3, -0.25) is 4.79 Å². The molecule has 3 aromatic rings. The number of piperidine rings is 1. The van der Waals surface area contributed by atoms with Crippen molar-refractivity contribution in [1.29, 1.82) is 0 Å². The molecule has 0 bridgehead atoms. The maximum atomic E-state index is 12.3. The van der Waals surface area contributed by atoms with Crippen LogP contribution >= 0.6 is 24.8 Å². The summed E-state index contributed by atoms with van der Waals surface area (Å²) in [5, 5.41) is 6.39. The number of nitrogens with one attached hydrogen (secondary N) is 3. The van der Waals surface area contributed by atoms with Gasteiger partial charge in [-0.15, -0.1) is 24.8 Å². The molecule has 0 atom stereocenters. The number of carbonyl (C=O) groups is 1. The van der Waals surface area contributed by atoms with Crippen molar-refractivity contribution in [2.24, 2.45) is 5.92 Å². The van der Waals surface area contributed by atoms with Gasteiger partial charge in [0.2, 0.25) is 5.91 Å². The van der Waals surface area contributed by atoms with Gasteiger partial charge in [-0.1, -0.05) is 24.3 Å². The fourth-order valence-electron chi connectivity index (χ4n) is 3.56. The average molecular weight is 421 g/mol. The van der Waals surface area contributed by atoms with E-state index >= 15 is 0 Å². The Bertz CT molecular complexity index is 873. The first-order valence-electron chi connectivity index (χ1n) is 9.34. The molecule has 1 amide bonds. The third kappa shape index (κ3) is 5.47. The summed E-state index contributed by atoms with van der Waals surface area (Å²) in [5.41, 5.74) is 3.74. The Morgan fingerprint density at radius 2 is 1.86 bits per heavy atom. The van der Waals surface area contributed by atoms with Gasteiger partial charge in [-0.2, -0.15) is 0 Å². The Morgan fingerprint density at radius 1 is 1.07 bits per heavy atom. The number of fused-ring (bicyclic) bond motifs is 1. The van der Waals surface area contributed by atoms with Crippen LogP contribution in [0.5, 0.6) is 0 Å². The summed E-state index contributed by atoms with van der Waals surface area (Å²) < 4.78 is 0. The molecule has 0 radical (unpaired) electrons. The van der Waals surface area contributed by atoms with Crippen LogP contribution in [0.2, 0.25) is 0 Å². The highest BCUT2D eigenvalue weighted by Gasteiger charge is 2.14. The number of amides is 1. The second-order valence-electron chi connectivity index (χ2n) is 6.96. The number of aromatic nitrogens is 2. The number of anilines is 1. The predicted octanol–water partition coefficient (Wildman–Crippen LogP) is 4.79. The molecule has 150 valence electrons. The van der Waals surface area contributed by atoms with Crippen molar-refractivity contribution < 1.29 is 4.79 Å². The molecule has 1 saturated heterocycles. The van der Waals surface area contributed by atoms with Crippen LogP contribution in [-0.2, 0) is 4.79 Å². The number of hydrogen-bond acceptors (Lipinski definition) is 3. The molecule has 1 aromatic heterocycles. The highest BCUT2D eigenvalue weighted by molar-refractivity contribution is 5.91. The number of imidazole rings is 1. The first-order valence-corrected chi connectivity index (χ1v) is 9.34. The number of hydrogen-bond donors (Lipinski definition) is 3. The molecule has 1 fully saturated rings. The third-order valence-electron chi connectivity index (χ3n) is 5.05. The molecule has 1 aliphatic heterocycles. The lowest BCUT2D eigenvalue weighted by Gasteiger charge is -2.22. The number of para-hydroxylation sites is 2. The zero-order valence-corrected chi connectivity index (χ0v) is 17.2. The highest BCUT2D eigenvalue weighted by atomic mass is 35.5. The Morgan fingerprint density at radius 3 is 2.64 bits per heavy atom. The van der Waals surface area contributed by atoms with Gasteiger partial charge >= 0.3 is 0 Å². The van der Waals surface area contributed by atoms with E-state index in [0.717, 1.165) is 47.6 Å². The lowest BCUT2D eigenvalue weighted by molar-refractivity contribution is -0.116. The van der Waals surface area contributed by atoms with E-state index < -0.39 is 0 Å². The maximum absolute atomic E-state index is 12.3. The number of benzene rings is 2. The first-order chi connectivity index (χ1) is 12.8. The third-order valence-corrected chi connectivity index (χ3v) is 5.05. The van der Waals surface area contributed by atoms with Crippen molar-refractivity contribution in [1.82, 2.24) is 15.3 Å². The van der Waals surface area contributed by atoms with Gasteiger partial charge in [-0.05, 0) is 62.5 Å². The van der Waals surface area contributed by atoms with Crippen LogP contribution in [0.1, 0.15) is 25.7 Å². The fourth-order valence-corrected chi connectivity index (χ4v) is 3.56. The van der Waals surface area contributed by atoms with E-state index in [0.29, 0.717) is 12.3 Å². The molecule has 5 nitrogen and oxygen atoms in total. The van der Waals surface area contributed by atoms with Gasteiger partial charge < -0.3 is 15.6 Å². The molecule has 2 heterocycles. The molecule has 0 saturated carbocycles. The van der Waals surface area contributed by atoms with E-state index in [-0.39, 0.29) is 30.7 Å². The van der Waals surface area contributed by atoms with E-state index in [9.17, 15) is 4.79 Å². The Hall–Kier alpha value is -2.08. The molecule has 7 heteroatoms. The molecular weight excluding hydrogens is 395 g/mol. The largest absolute Gasteiger partial charge is 0.338 e. The summed E-state index contributed by atoms with van der Waals surface area (Å²) in [7, 11) is 0. The van der Waals surface area contributed by atoms with Crippen molar-refractivity contribution in [3.63, 3.8) is 0 Å². The summed E-state index contributed by atoms with van der Waals surface area (Å²) in [5.74, 6) is 1.58. The molecule has 3 N–H and O–H groups in total. The monoisotopic (exact) mass is 420 g/mol. The minimum atomic E-state index is 0. The van der Waals surface area contributed by atoms with Crippen LogP contribution in [0.4, 0.5) is 5.69 Å². The van der Waals surface area contributed by atoms with Crippen LogP contribution < -0.4 is 10.6 Å². The molecule has 1 aliphatic rings. The van der Waals surface area contributed by atoms with Gasteiger partial charge in [0, 0.05) is 17.7 Å². The van der Waals surface area contributed by atoms with E-state index in [1.807, 2.05) is 48.5 Å². The summed E-state index contributed by atoms with van der Waals surface area (Å²) in [4.78, 5) is 20.3. The molecule has 28 heavy (non-hydrogen) atoms. The quantitative estimate of drug-likeness (QED) is 0.555. The minimum Gasteiger partial charge on any atom is -0.338 e. The standard InChI is InChI=1S/C21H24N4O.2ClH/c26-20(9-8-15-10-12-22-13-11-15)23-17-5-3-4-16(14-17)21-24-18-6-1-2-7-19(18)25-21;;/h1-7,14-15,22H,8-13H2,(H,23,26)(H,24,25);2*1H. The molecule has 0 unspecified atom stereocenters. The minimum absolute atomic E-state index is 0. The second-order valence-corrected chi connectivity index (χ2v) is 6.96. The van der Waals surface area contributed by atoms with Crippen LogP contribution in [0.15, 0.2) is 48.5 Å². The number of rotatable bonds is 5. The summed E-state index contributed by atoms with van der Waals surface area (Å²) in [6, 6.07) is 15.8. The SMILES string of the molecule is Cl.Cl.O=C(CCC1CCNCC1)Nc1cccc(-c2nc3ccccc3[nH]2)c1. The number of halogens is 2. The van der Waals surface area contributed by atoms with Gasteiger partial charge in [0.15, 0.2) is 0 Å². The summed E-state index contributed by atoms with van der Waals surface area (Å²) >= 11 is 0. The number of aromatic amines is 1. The van der Waals surface area contributed by atoms with Gasteiger partial charge in [0.25, 0.3) is 0 Å². The van der Waals surface area contributed by atoms with Gasteiger partial charge in [0.1, 0.15) is 5.82 Å². The average Bonchev–Trinajstić information content (AvgIpc) is 3.12. The van der Waals surface area contributed by atoms with E-state index in [4.69, 9.17) is 0 Å². The van der Waals surface area contributed by atoms with Crippen molar-refractivity contribution in [2.75, 3.05) is 18.4 Å². The molecule has 2 aromatic carbocycles. The van der Waals surface area contributed by atoms with Crippen LogP contribution in [-0.4, -0.2) is 29.0 Å². The van der Waals surface area contributed by atoms with Crippen molar-refractivity contribution in [3.05, 3.63) is 48.5 Å². The summed E-state index contributed by atoms with van der Waals surface area (Å²) in [6.45, 7) is 2.15. The number of carbonyl (C=O) groups excluding carboxylic acids is 1. The zero-order chi connectivity index (χ0) is 17.8. The van der Waals surface area contributed by atoms with Crippen LogP contribution in [0, 0.1) is 5.92 Å². The second kappa shape index (κ2) is 10.5. The lowest BCUT2D eigenvalue weighted by Crippen LogP contribution is -2.28. The Balaban J connectivity index is 0.00000140. The van der Waals surface area contributed by atoms with Gasteiger partial charge in [0.05, 0.1) is 11.0 Å². The van der Waals surface area contributed by atoms with E-state index in [1.165, 1.54) is 12.8 Å². The molecule has 4 rings (SSSR count). The number of nitrogens with zero attached hydrogens (tertiary/aromatic N) is 1. The maximum Gasteiger partial charge on any atom is 0.224 e. The molecular formula is C21H26Cl2N4O. The normalized spacial score (nSPS) is 14.1. The lowest BCUT2D eigenvalue weighted by atomic mass is 9.93. The summed E-state index contributed by atoms with van der Waals surface area (Å²) in [6.07, 6.45) is 3.90. The van der Waals surface area contributed by atoms with Gasteiger partial charge in [-0.25, -0.2) is 4.98 Å². The zero-order valence-electron chi connectivity index (χ0n) is 15.6. The molecule has 0 spiro atoms. The molecule has 0 aliphatic carbocycles.